The summed E-state index contributed by atoms with van der Waals surface area (Å²) in [6.45, 7) is -0.624. The summed E-state index contributed by atoms with van der Waals surface area (Å²) in [4.78, 5) is 33.8. The fraction of sp³-hybridized carbons (Fsp3) is 0.0667. The Bertz CT molecular complexity index is 908. The molecule has 0 aliphatic heterocycles. The summed E-state index contributed by atoms with van der Waals surface area (Å²) in [6, 6.07) is 5.05. The predicted molar refractivity (Wildman–Crippen MR) is 88.1 cm³/mol. The number of carbonyl (C=O) groups is 2. The average Bonchev–Trinajstić information content (AvgIpc) is 2.60. The van der Waals surface area contributed by atoms with Crippen molar-refractivity contribution in [2.45, 2.75) is 0 Å². The second-order valence-corrected chi connectivity index (χ2v) is 5.73. The van der Waals surface area contributed by atoms with Gasteiger partial charge in [-0.1, -0.05) is 0 Å². The van der Waals surface area contributed by atoms with Crippen LogP contribution in [0.3, 0.4) is 0 Å². The molecule has 0 aliphatic carbocycles. The quantitative estimate of drug-likeness (QED) is 0.431. The van der Waals surface area contributed by atoms with Gasteiger partial charge < -0.3 is 10.6 Å². The molecule has 0 heterocycles. The van der Waals surface area contributed by atoms with E-state index in [9.17, 15) is 32.9 Å². The number of rotatable bonds is 5. The van der Waals surface area contributed by atoms with Gasteiger partial charge in [0.1, 0.15) is 0 Å². The molecule has 2 rings (SSSR count). The molecule has 0 aromatic heterocycles. The van der Waals surface area contributed by atoms with Gasteiger partial charge in [0.2, 0.25) is 5.91 Å². The number of nitro benzene ring substituents is 1. The van der Waals surface area contributed by atoms with Crippen molar-refractivity contribution in [3.8, 4) is 0 Å². The monoisotopic (exact) mass is 431 g/mol. The molecule has 2 aromatic rings. The summed E-state index contributed by atoms with van der Waals surface area (Å²) < 4.78 is 39.5. The standard InChI is InChI=1S/C15H9BrF3N3O4/c16-8-2-1-7(5-11(8)22(25)26)15(24)20-6-12(23)21-10-4-3-9(17)13(18)14(10)19/h1-5H,6H2,(H,20,24)(H,21,23). The Balaban J connectivity index is 2.01. The highest BCUT2D eigenvalue weighted by molar-refractivity contribution is 9.10. The number of nitrogens with one attached hydrogen (secondary N) is 2. The van der Waals surface area contributed by atoms with Crippen LogP contribution in [0.2, 0.25) is 0 Å². The third-order valence-corrected chi connectivity index (χ3v) is 3.79. The minimum Gasteiger partial charge on any atom is -0.343 e. The molecule has 0 bridgehead atoms. The first kappa shape index (κ1) is 19.4. The van der Waals surface area contributed by atoms with Crippen LogP contribution in [0.1, 0.15) is 10.4 Å². The van der Waals surface area contributed by atoms with Crippen LogP contribution in [0.4, 0.5) is 24.5 Å². The van der Waals surface area contributed by atoms with Crippen molar-refractivity contribution in [1.29, 1.82) is 0 Å². The van der Waals surface area contributed by atoms with E-state index in [2.05, 4.69) is 21.2 Å². The number of hydrogen-bond donors (Lipinski definition) is 2. The van der Waals surface area contributed by atoms with Gasteiger partial charge in [-0.2, -0.15) is 0 Å². The van der Waals surface area contributed by atoms with Crippen LogP contribution in [0.15, 0.2) is 34.8 Å². The number of anilines is 1. The van der Waals surface area contributed by atoms with Gasteiger partial charge in [0, 0.05) is 11.6 Å². The molecule has 0 saturated carbocycles. The van der Waals surface area contributed by atoms with Gasteiger partial charge in [-0.15, -0.1) is 0 Å². The zero-order chi connectivity index (χ0) is 19.4. The second kappa shape index (κ2) is 7.95. The SMILES string of the molecule is O=C(CNC(=O)c1ccc(Br)c([N+](=O)[O-])c1)Nc1ccc(F)c(F)c1F. The number of hydrogen-bond acceptors (Lipinski definition) is 4. The number of nitro groups is 1. The van der Waals surface area contributed by atoms with Crippen molar-refractivity contribution in [2.24, 2.45) is 0 Å². The van der Waals surface area contributed by atoms with Crippen LogP contribution in [0.5, 0.6) is 0 Å². The molecule has 136 valence electrons. The van der Waals surface area contributed by atoms with Gasteiger partial charge in [0.05, 0.1) is 21.6 Å². The van der Waals surface area contributed by atoms with E-state index in [-0.39, 0.29) is 15.7 Å². The number of carbonyl (C=O) groups excluding carboxylic acids is 2. The van der Waals surface area contributed by atoms with Crippen molar-refractivity contribution in [3.05, 3.63) is 67.9 Å². The molecule has 0 spiro atoms. The van der Waals surface area contributed by atoms with E-state index < -0.39 is 46.4 Å². The summed E-state index contributed by atoms with van der Waals surface area (Å²) in [6.07, 6.45) is 0. The Kier molecular flexibility index (Phi) is 5.93. The summed E-state index contributed by atoms with van der Waals surface area (Å²) in [5.74, 6) is -6.43. The van der Waals surface area contributed by atoms with Gasteiger partial charge in [-0.3, -0.25) is 19.7 Å². The van der Waals surface area contributed by atoms with Crippen molar-refractivity contribution in [2.75, 3.05) is 11.9 Å². The maximum absolute atomic E-state index is 13.5. The van der Waals surface area contributed by atoms with Gasteiger partial charge in [0.15, 0.2) is 17.5 Å². The van der Waals surface area contributed by atoms with Crippen molar-refractivity contribution < 1.29 is 27.7 Å². The molecule has 2 amide bonds. The minimum atomic E-state index is -1.74. The van der Waals surface area contributed by atoms with Gasteiger partial charge >= 0.3 is 0 Å². The van der Waals surface area contributed by atoms with E-state index in [1.165, 1.54) is 12.1 Å². The lowest BCUT2D eigenvalue weighted by atomic mass is 10.2. The zero-order valence-electron chi connectivity index (χ0n) is 12.7. The van der Waals surface area contributed by atoms with Crippen LogP contribution in [0.25, 0.3) is 0 Å². The highest BCUT2D eigenvalue weighted by atomic mass is 79.9. The number of amides is 2. The first-order chi connectivity index (χ1) is 12.2. The molecular formula is C15H9BrF3N3O4. The number of halogens is 4. The Morgan fingerprint density at radius 3 is 2.46 bits per heavy atom. The summed E-state index contributed by atoms with van der Waals surface area (Å²) >= 11 is 2.97. The van der Waals surface area contributed by atoms with Crippen molar-refractivity contribution in [1.82, 2.24) is 5.32 Å². The fourth-order valence-corrected chi connectivity index (χ4v) is 2.26. The fourth-order valence-electron chi connectivity index (χ4n) is 1.87. The first-order valence-electron chi connectivity index (χ1n) is 6.86. The molecule has 7 nitrogen and oxygen atoms in total. The minimum absolute atomic E-state index is 0.0771. The van der Waals surface area contributed by atoms with E-state index in [0.717, 1.165) is 12.1 Å². The molecule has 0 unspecified atom stereocenters. The lowest BCUT2D eigenvalue weighted by molar-refractivity contribution is -0.385. The Labute approximate surface area is 152 Å². The van der Waals surface area contributed by atoms with E-state index >= 15 is 0 Å². The van der Waals surface area contributed by atoms with Crippen molar-refractivity contribution in [3.63, 3.8) is 0 Å². The van der Waals surface area contributed by atoms with Crippen LogP contribution < -0.4 is 10.6 Å². The van der Waals surface area contributed by atoms with E-state index in [0.29, 0.717) is 6.07 Å². The third kappa shape index (κ3) is 4.36. The summed E-state index contributed by atoms with van der Waals surface area (Å²) in [5, 5.41) is 15.0. The Hall–Kier alpha value is -2.95. The van der Waals surface area contributed by atoms with E-state index in [1.807, 2.05) is 5.32 Å². The lowest BCUT2D eigenvalue weighted by Crippen LogP contribution is -2.33. The Morgan fingerprint density at radius 1 is 1.12 bits per heavy atom. The second-order valence-electron chi connectivity index (χ2n) is 4.88. The molecule has 0 atom stereocenters. The van der Waals surface area contributed by atoms with Crippen LogP contribution in [-0.4, -0.2) is 23.3 Å². The molecule has 0 saturated heterocycles. The maximum atomic E-state index is 13.5. The smallest absolute Gasteiger partial charge is 0.284 e. The molecule has 2 aromatic carbocycles. The highest BCUT2D eigenvalue weighted by Crippen LogP contribution is 2.25. The summed E-state index contributed by atoms with van der Waals surface area (Å²) in [7, 11) is 0. The van der Waals surface area contributed by atoms with E-state index in [1.54, 1.807) is 0 Å². The average molecular weight is 432 g/mol. The van der Waals surface area contributed by atoms with Crippen LogP contribution >= 0.6 is 15.9 Å². The van der Waals surface area contributed by atoms with Gasteiger partial charge in [-0.05, 0) is 40.2 Å². The first-order valence-corrected chi connectivity index (χ1v) is 7.65. The molecule has 2 N–H and O–H groups in total. The molecule has 0 radical (unpaired) electrons. The number of benzene rings is 2. The molecule has 0 aliphatic rings. The van der Waals surface area contributed by atoms with Gasteiger partial charge in [-0.25, -0.2) is 13.2 Å². The van der Waals surface area contributed by atoms with Crippen LogP contribution in [0, 0.1) is 27.6 Å². The highest BCUT2D eigenvalue weighted by Gasteiger charge is 2.18. The lowest BCUT2D eigenvalue weighted by Gasteiger charge is -2.08. The molecule has 11 heteroatoms. The van der Waals surface area contributed by atoms with Crippen LogP contribution in [-0.2, 0) is 4.79 Å². The van der Waals surface area contributed by atoms with Gasteiger partial charge in [0.25, 0.3) is 11.6 Å². The maximum Gasteiger partial charge on any atom is 0.284 e. The third-order valence-electron chi connectivity index (χ3n) is 3.12. The zero-order valence-corrected chi connectivity index (χ0v) is 14.3. The largest absolute Gasteiger partial charge is 0.343 e. The molecule has 26 heavy (non-hydrogen) atoms. The topological polar surface area (TPSA) is 101 Å². The van der Waals surface area contributed by atoms with Crippen molar-refractivity contribution >= 4 is 39.1 Å². The Morgan fingerprint density at radius 2 is 1.81 bits per heavy atom. The summed E-state index contributed by atoms with van der Waals surface area (Å²) in [5.41, 5.74) is -1.01. The van der Waals surface area contributed by atoms with E-state index in [4.69, 9.17) is 0 Å². The molecule has 0 fully saturated rings. The predicted octanol–water partition coefficient (Wildman–Crippen LogP) is 3.14. The number of nitrogens with zero attached hydrogens (tertiary/aromatic N) is 1. The molecular weight excluding hydrogens is 423 g/mol. The normalized spacial score (nSPS) is 10.3.